The number of hydrogen-bond donors (Lipinski definition) is 5. The molecule has 2 aromatic carbocycles. The Morgan fingerprint density at radius 2 is 1.85 bits per heavy atom. The Morgan fingerprint density at radius 3 is 2.49 bits per heavy atom. The average Bonchev–Trinajstić information content (AvgIpc) is 2.91. The third-order valence-corrected chi connectivity index (χ3v) is 6.03. The molecule has 13 nitrogen and oxygen atoms in total. The van der Waals surface area contributed by atoms with Gasteiger partial charge in [-0.3, -0.25) is 5.43 Å². The van der Waals surface area contributed by atoms with Crippen molar-refractivity contribution in [2.24, 2.45) is 5.10 Å². The van der Waals surface area contributed by atoms with Gasteiger partial charge in [-0.25, -0.2) is 14.4 Å². The van der Waals surface area contributed by atoms with Gasteiger partial charge in [-0.2, -0.15) is 5.10 Å². The second-order valence-electron chi connectivity index (χ2n) is 8.41. The number of aliphatic hydroxyl groups excluding tert-OH is 1. The highest BCUT2D eigenvalue weighted by molar-refractivity contribution is 6.37. The standard InChI is InChI=1S/C26H28Cl2N4O9/c1-4-39-19-9-15(23-22(25(36)38-3)13(2)30-26(37)31-23)5-6-18(19)40-11-20(33)32-29-10-14-7-16(27)24(17(28)8-14)41-12-21(34)35/h5-10,20,23,32-33H,4,11-12H2,1-3H3,(H,34,35)(H2,30,31,37)/b29-10-/t20-,23+/m1/s1. The van der Waals surface area contributed by atoms with Crippen molar-refractivity contribution in [2.45, 2.75) is 26.1 Å². The highest BCUT2D eigenvalue weighted by atomic mass is 35.5. The lowest BCUT2D eigenvalue weighted by Crippen LogP contribution is -2.45. The number of ether oxygens (including phenoxy) is 4. The molecule has 1 heterocycles. The summed E-state index contributed by atoms with van der Waals surface area (Å²) in [5, 5.41) is 28.4. The SMILES string of the molecule is CCOc1cc([C@@H]2NC(=O)NC(C)=C2C(=O)OC)ccc1OC[C@@H](O)N/N=C\c1cc(Cl)c(OCC(=O)O)c(Cl)c1. The fourth-order valence-electron chi connectivity index (χ4n) is 3.75. The van der Waals surface area contributed by atoms with E-state index >= 15 is 0 Å². The van der Waals surface area contributed by atoms with Crippen molar-refractivity contribution < 1.29 is 43.5 Å². The number of carboxylic acids is 1. The van der Waals surface area contributed by atoms with Crippen LogP contribution >= 0.6 is 23.2 Å². The molecular weight excluding hydrogens is 583 g/mol. The first-order chi connectivity index (χ1) is 19.5. The topological polar surface area (TPSA) is 177 Å². The van der Waals surface area contributed by atoms with Gasteiger partial charge >= 0.3 is 18.0 Å². The number of rotatable bonds is 13. The number of hydrogen-bond acceptors (Lipinski definition) is 10. The van der Waals surface area contributed by atoms with Gasteiger partial charge in [0.2, 0.25) is 0 Å². The summed E-state index contributed by atoms with van der Waals surface area (Å²) in [5.41, 5.74) is 4.11. The summed E-state index contributed by atoms with van der Waals surface area (Å²) in [6.07, 6.45) is 0.106. The van der Waals surface area contributed by atoms with Crippen molar-refractivity contribution in [3.05, 3.63) is 62.8 Å². The van der Waals surface area contributed by atoms with Crippen LogP contribution in [-0.4, -0.2) is 67.6 Å². The monoisotopic (exact) mass is 610 g/mol. The summed E-state index contributed by atoms with van der Waals surface area (Å²) < 4.78 is 21.4. The van der Waals surface area contributed by atoms with Gasteiger partial charge in [0.05, 0.1) is 41.6 Å². The van der Waals surface area contributed by atoms with E-state index in [1.54, 1.807) is 32.0 Å². The van der Waals surface area contributed by atoms with Crippen LogP contribution in [0.5, 0.6) is 17.2 Å². The molecule has 220 valence electrons. The molecule has 0 fully saturated rings. The van der Waals surface area contributed by atoms with Gasteiger partial charge in [-0.05, 0) is 49.2 Å². The Balaban J connectivity index is 1.67. The normalized spacial score (nSPS) is 15.6. The van der Waals surface area contributed by atoms with Crippen LogP contribution in [0.4, 0.5) is 4.79 Å². The van der Waals surface area contributed by atoms with E-state index in [4.69, 9.17) is 47.3 Å². The van der Waals surface area contributed by atoms with Crippen LogP contribution in [0.25, 0.3) is 0 Å². The number of benzene rings is 2. The number of aliphatic hydroxyl groups is 1. The van der Waals surface area contributed by atoms with Gasteiger partial charge in [-0.15, -0.1) is 0 Å². The molecule has 5 N–H and O–H groups in total. The summed E-state index contributed by atoms with van der Waals surface area (Å²) in [4.78, 5) is 35.2. The van der Waals surface area contributed by atoms with Gasteiger partial charge in [0, 0.05) is 5.70 Å². The van der Waals surface area contributed by atoms with Crippen LogP contribution in [0.1, 0.15) is 31.0 Å². The molecule has 0 radical (unpaired) electrons. The first kappa shape index (κ1) is 31.3. The summed E-state index contributed by atoms with van der Waals surface area (Å²) in [5.74, 6) is -1.12. The quantitative estimate of drug-likeness (QED) is 0.0980. The fraction of sp³-hybridized carbons (Fsp3) is 0.308. The molecule has 0 aliphatic carbocycles. The van der Waals surface area contributed by atoms with Crippen LogP contribution in [0.3, 0.4) is 0 Å². The van der Waals surface area contributed by atoms with Crippen LogP contribution in [0.2, 0.25) is 10.0 Å². The van der Waals surface area contributed by atoms with E-state index in [1.165, 1.54) is 25.5 Å². The minimum atomic E-state index is -1.23. The van der Waals surface area contributed by atoms with Crippen molar-refractivity contribution in [1.29, 1.82) is 0 Å². The van der Waals surface area contributed by atoms with Crippen molar-refractivity contribution >= 4 is 47.4 Å². The molecule has 0 unspecified atom stereocenters. The number of methoxy groups -OCH3 is 1. The Hall–Kier alpha value is -4.20. The number of nitrogens with zero attached hydrogens (tertiary/aromatic N) is 1. The predicted molar refractivity (Wildman–Crippen MR) is 149 cm³/mol. The molecule has 0 saturated carbocycles. The molecule has 0 bridgehead atoms. The average molecular weight is 611 g/mol. The zero-order valence-corrected chi connectivity index (χ0v) is 23.7. The molecular formula is C26H28Cl2N4O9. The minimum absolute atomic E-state index is 0.0283. The molecule has 0 saturated heterocycles. The van der Waals surface area contributed by atoms with Crippen LogP contribution in [0.15, 0.2) is 46.7 Å². The number of urea groups is 1. The smallest absolute Gasteiger partial charge is 0.341 e. The zero-order valence-electron chi connectivity index (χ0n) is 22.2. The second-order valence-corrected chi connectivity index (χ2v) is 9.23. The van der Waals surface area contributed by atoms with Gasteiger partial charge in [0.1, 0.15) is 6.61 Å². The van der Waals surface area contributed by atoms with E-state index in [9.17, 15) is 19.5 Å². The number of nitrogens with one attached hydrogen (secondary N) is 3. The number of aliphatic carboxylic acids is 1. The number of carboxylic acid groups (broad SMARTS) is 1. The molecule has 1 aliphatic rings. The Labute approximate surface area is 245 Å². The lowest BCUT2D eigenvalue weighted by Gasteiger charge is -2.28. The van der Waals surface area contributed by atoms with Gasteiger partial charge in [0.15, 0.2) is 30.1 Å². The highest BCUT2D eigenvalue weighted by Gasteiger charge is 2.32. The molecule has 2 atom stereocenters. The summed E-state index contributed by atoms with van der Waals surface area (Å²) in [6, 6.07) is 6.53. The third kappa shape index (κ3) is 8.39. The molecule has 3 rings (SSSR count). The van der Waals surface area contributed by atoms with Crippen molar-refractivity contribution in [3.8, 4) is 17.2 Å². The Bertz CT molecular complexity index is 1340. The van der Waals surface area contributed by atoms with Gasteiger partial charge in [-0.1, -0.05) is 29.3 Å². The maximum Gasteiger partial charge on any atom is 0.341 e. The van der Waals surface area contributed by atoms with Crippen LogP contribution in [-0.2, 0) is 14.3 Å². The van der Waals surface area contributed by atoms with Crippen molar-refractivity contribution in [3.63, 3.8) is 0 Å². The first-order valence-electron chi connectivity index (χ1n) is 12.1. The maximum absolute atomic E-state index is 12.4. The van der Waals surface area contributed by atoms with E-state index < -0.39 is 36.8 Å². The molecule has 0 aromatic heterocycles. The van der Waals surface area contributed by atoms with Crippen LogP contribution in [0, 0.1) is 0 Å². The number of carbonyl (C=O) groups excluding carboxylic acids is 2. The first-order valence-corrected chi connectivity index (χ1v) is 12.9. The minimum Gasteiger partial charge on any atom is -0.490 e. The number of esters is 1. The summed E-state index contributed by atoms with van der Waals surface area (Å²) in [6.45, 7) is 2.85. The number of halogens is 2. The Kier molecular flexibility index (Phi) is 11.0. The lowest BCUT2D eigenvalue weighted by molar-refractivity contribution is -0.139. The van der Waals surface area contributed by atoms with Crippen molar-refractivity contribution in [1.82, 2.24) is 16.1 Å². The highest BCUT2D eigenvalue weighted by Crippen LogP contribution is 2.35. The van der Waals surface area contributed by atoms with E-state index in [-0.39, 0.29) is 28.0 Å². The molecule has 1 aliphatic heterocycles. The fourth-order valence-corrected chi connectivity index (χ4v) is 4.36. The van der Waals surface area contributed by atoms with E-state index in [1.807, 2.05) is 0 Å². The number of hydrazone groups is 1. The lowest BCUT2D eigenvalue weighted by atomic mass is 9.95. The van der Waals surface area contributed by atoms with E-state index in [2.05, 4.69) is 21.2 Å². The zero-order chi connectivity index (χ0) is 30.1. The molecule has 0 spiro atoms. The largest absolute Gasteiger partial charge is 0.490 e. The third-order valence-electron chi connectivity index (χ3n) is 5.47. The molecule has 15 heteroatoms. The number of allylic oxidation sites excluding steroid dienone is 1. The van der Waals surface area contributed by atoms with Crippen LogP contribution < -0.4 is 30.3 Å². The van der Waals surface area contributed by atoms with Gasteiger partial charge < -0.3 is 39.8 Å². The van der Waals surface area contributed by atoms with Crippen molar-refractivity contribution in [2.75, 3.05) is 26.9 Å². The maximum atomic E-state index is 12.4. The second kappa shape index (κ2) is 14.4. The summed E-state index contributed by atoms with van der Waals surface area (Å²) >= 11 is 12.2. The van der Waals surface area contributed by atoms with E-state index in [0.717, 1.165) is 0 Å². The molecule has 2 aromatic rings. The predicted octanol–water partition coefficient (Wildman–Crippen LogP) is 2.98. The number of carbonyl (C=O) groups is 3. The molecule has 2 amide bonds. The summed E-state index contributed by atoms with van der Waals surface area (Å²) in [7, 11) is 1.25. The van der Waals surface area contributed by atoms with Gasteiger partial charge in [0.25, 0.3) is 0 Å². The molecule has 41 heavy (non-hydrogen) atoms. The number of amides is 2. The Morgan fingerprint density at radius 1 is 1.15 bits per heavy atom. The van der Waals surface area contributed by atoms with E-state index in [0.29, 0.717) is 34.9 Å².